The van der Waals surface area contributed by atoms with Crippen molar-refractivity contribution in [2.75, 3.05) is 13.2 Å². The lowest BCUT2D eigenvalue weighted by Gasteiger charge is -2.12. The summed E-state index contributed by atoms with van der Waals surface area (Å²) in [6, 6.07) is 9.62. The van der Waals surface area contributed by atoms with Crippen LogP contribution in [0.15, 0.2) is 34.7 Å². The van der Waals surface area contributed by atoms with Crippen LogP contribution in [0.1, 0.15) is 38.6 Å². The van der Waals surface area contributed by atoms with Gasteiger partial charge in [-0.3, -0.25) is 0 Å². The molecule has 0 amide bonds. The van der Waals surface area contributed by atoms with Gasteiger partial charge in [0, 0.05) is 12.0 Å². The van der Waals surface area contributed by atoms with E-state index in [0.717, 1.165) is 23.8 Å². The lowest BCUT2D eigenvalue weighted by Crippen LogP contribution is -2.11. The normalized spacial score (nSPS) is 14.7. The first-order valence-corrected chi connectivity index (χ1v) is 6.95. The summed E-state index contributed by atoms with van der Waals surface area (Å²) in [4.78, 5) is 0. The van der Waals surface area contributed by atoms with Gasteiger partial charge in [-0.2, -0.15) is 0 Å². The monoisotopic (exact) mass is 262 g/mol. The van der Waals surface area contributed by atoms with Gasteiger partial charge in [0.1, 0.15) is 17.4 Å². The molecule has 2 unspecified atom stereocenters. The average molecular weight is 262 g/mol. The lowest BCUT2D eigenvalue weighted by atomic mass is 10.1. The second kappa shape index (κ2) is 6.73. The Labute approximate surface area is 114 Å². The third kappa shape index (κ3) is 3.82. The van der Waals surface area contributed by atoms with E-state index >= 15 is 0 Å². The van der Waals surface area contributed by atoms with E-state index in [9.17, 15) is 5.11 Å². The quantitative estimate of drug-likeness (QED) is 0.822. The Balaban J connectivity index is 1.87. The number of furan rings is 1. The van der Waals surface area contributed by atoms with Crippen molar-refractivity contribution in [2.45, 2.75) is 32.8 Å². The van der Waals surface area contributed by atoms with Crippen molar-refractivity contribution >= 4 is 11.0 Å². The number of aliphatic hydroxyl groups is 1. The molecule has 2 aromatic rings. The number of rotatable bonds is 7. The summed E-state index contributed by atoms with van der Waals surface area (Å²) in [7, 11) is 0. The van der Waals surface area contributed by atoms with Crippen molar-refractivity contribution in [3.8, 4) is 0 Å². The highest BCUT2D eigenvalue weighted by atomic mass is 16.5. The van der Waals surface area contributed by atoms with Crippen molar-refractivity contribution in [1.29, 1.82) is 0 Å². The molecule has 0 fully saturated rings. The molecule has 1 N–H and O–H groups in total. The van der Waals surface area contributed by atoms with E-state index in [4.69, 9.17) is 9.15 Å². The highest BCUT2D eigenvalue weighted by molar-refractivity contribution is 5.77. The van der Waals surface area contributed by atoms with Crippen LogP contribution < -0.4 is 0 Å². The minimum atomic E-state index is -0.693. The van der Waals surface area contributed by atoms with E-state index in [0.29, 0.717) is 18.3 Å². The van der Waals surface area contributed by atoms with E-state index in [1.54, 1.807) is 0 Å². The minimum Gasteiger partial charge on any atom is -0.458 e. The Morgan fingerprint density at radius 3 is 2.79 bits per heavy atom. The first-order valence-electron chi connectivity index (χ1n) is 6.95. The standard InChI is InChI=1S/C16H22O3/c1-3-6-12(2)10-18-11-14(17)16-9-13-7-4-5-8-15(13)19-16/h4-5,7-9,12,14,17H,3,6,10-11H2,1-2H3. The molecule has 19 heavy (non-hydrogen) atoms. The van der Waals surface area contributed by atoms with Gasteiger partial charge in [-0.05, 0) is 24.5 Å². The van der Waals surface area contributed by atoms with Crippen molar-refractivity contribution in [2.24, 2.45) is 5.92 Å². The molecular weight excluding hydrogens is 240 g/mol. The van der Waals surface area contributed by atoms with Crippen LogP contribution in [0.4, 0.5) is 0 Å². The van der Waals surface area contributed by atoms with Gasteiger partial charge in [0.05, 0.1) is 6.61 Å². The molecule has 0 aliphatic heterocycles. The van der Waals surface area contributed by atoms with Crippen LogP contribution >= 0.6 is 0 Å². The van der Waals surface area contributed by atoms with Crippen LogP contribution in [0.3, 0.4) is 0 Å². The maximum absolute atomic E-state index is 10.0. The zero-order valence-electron chi connectivity index (χ0n) is 11.6. The van der Waals surface area contributed by atoms with E-state index in [2.05, 4.69) is 13.8 Å². The zero-order valence-corrected chi connectivity index (χ0v) is 11.6. The summed E-state index contributed by atoms with van der Waals surface area (Å²) in [5, 5.41) is 11.1. The van der Waals surface area contributed by atoms with Crippen molar-refractivity contribution < 1.29 is 14.3 Å². The molecule has 0 bridgehead atoms. The Hall–Kier alpha value is -1.32. The fourth-order valence-corrected chi connectivity index (χ4v) is 2.21. The number of aliphatic hydroxyl groups excluding tert-OH is 1. The molecule has 1 aromatic heterocycles. The maximum atomic E-state index is 10.0. The van der Waals surface area contributed by atoms with Gasteiger partial charge in [0.2, 0.25) is 0 Å². The largest absolute Gasteiger partial charge is 0.458 e. The van der Waals surface area contributed by atoms with Crippen LogP contribution in [0.5, 0.6) is 0 Å². The van der Waals surface area contributed by atoms with Gasteiger partial charge in [-0.15, -0.1) is 0 Å². The molecule has 0 aliphatic carbocycles. The molecule has 1 aromatic carbocycles. The molecule has 0 spiro atoms. The van der Waals surface area contributed by atoms with E-state index < -0.39 is 6.10 Å². The van der Waals surface area contributed by atoms with Crippen LogP contribution in [0.2, 0.25) is 0 Å². The Bertz CT molecular complexity index is 470. The van der Waals surface area contributed by atoms with Gasteiger partial charge >= 0.3 is 0 Å². The summed E-state index contributed by atoms with van der Waals surface area (Å²) in [6.45, 7) is 5.30. The van der Waals surface area contributed by atoms with Crippen molar-refractivity contribution in [3.63, 3.8) is 0 Å². The molecule has 3 heteroatoms. The molecule has 0 saturated carbocycles. The topological polar surface area (TPSA) is 42.6 Å². The molecule has 2 atom stereocenters. The van der Waals surface area contributed by atoms with Gasteiger partial charge in [0.15, 0.2) is 0 Å². The maximum Gasteiger partial charge on any atom is 0.136 e. The number of benzene rings is 1. The first kappa shape index (κ1) is 14.1. The number of ether oxygens (including phenoxy) is 1. The van der Waals surface area contributed by atoms with Crippen LogP contribution in [0, 0.1) is 5.92 Å². The van der Waals surface area contributed by atoms with E-state index in [1.165, 1.54) is 0 Å². The summed E-state index contributed by atoms with van der Waals surface area (Å²) >= 11 is 0. The van der Waals surface area contributed by atoms with Crippen LogP contribution in [-0.2, 0) is 4.74 Å². The number of hydrogen-bond acceptors (Lipinski definition) is 3. The molecule has 0 radical (unpaired) electrons. The number of para-hydroxylation sites is 1. The van der Waals surface area contributed by atoms with Crippen LogP contribution in [-0.4, -0.2) is 18.3 Å². The van der Waals surface area contributed by atoms with Gasteiger partial charge < -0.3 is 14.3 Å². The predicted octanol–water partition coefficient (Wildman–Crippen LogP) is 3.92. The molecule has 1 heterocycles. The fourth-order valence-electron chi connectivity index (χ4n) is 2.21. The van der Waals surface area contributed by atoms with Crippen molar-refractivity contribution in [3.05, 3.63) is 36.1 Å². The predicted molar refractivity (Wildman–Crippen MR) is 76.1 cm³/mol. The van der Waals surface area contributed by atoms with Crippen molar-refractivity contribution in [1.82, 2.24) is 0 Å². The average Bonchev–Trinajstić information content (AvgIpc) is 2.82. The smallest absolute Gasteiger partial charge is 0.136 e. The first-order chi connectivity index (χ1) is 9.20. The number of fused-ring (bicyclic) bond motifs is 1. The fraction of sp³-hybridized carbons (Fsp3) is 0.500. The van der Waals surface area contributed by atoms with E-state index in [-0.39, 0.29) is 6.61 Å². The van der Waals surface area contributed by atoms with Gasteiger partial charge in [-0.25, -0.2) is 0 Å². The molecule has 0 aliphatic rings. The zero-order chi connectivity index (χ0) is 13.7. The Morgan fingerprint density at radius 1 is 1.26 bits per heavy atom. The second-order valence-corrected chi connectivity index (χ2v) is 5.13. The van der Waals surface area contributed by atoms with E-state index in [1.807, 2.05) is 30.3 Å². The van der Waals surface area contributed by atoms with Gasteiger partial charge in [-0.1, -0.05) is 38.5 Å². The summed E-state index contributed by atoms with van der Waals surface area (Å²) in [5.41, 5.74) is 0.802. The summed E-state index contributed by atoms with van der Waals surface area (Å²) in [6.07, 6.45) is 1.62. The molecule has 104 valence electrons. The minimum absolute atomic E-state index is 0.286. The SMILES string of the molecule is CCCC(C)COCC(O)c1cc2ccccc2o1. The molecule has 0 saturated heterocycles. The van der Waals surface area contributed by atoms with Gasteiger partial charge in [0.25, 0.3) is 0 Å². The number of hydrogen-bond donors (Lipinski definition) is 1. The Kier molecular flexibility index (Phi) is 5.00. The summed E-state index contributed by atoms with van der Waals surface area (Å²) in [5.74, 6) is 1.11. The third-order valence-corrected chi connectivity index (χ3v) is 3.23. The third-order valence-electron chi connectivity index (χ3n) is 3.23. The highest BCUT2D eigenvalue weighted by Crippen LogP contribution is 2.24. The Morgan fingerprint density at radius 2 is 2.05 bits per heavy atom. The second-order valence-electron chi connectivity index (χ2n) is 5.13. The molecule has 2 rings (SSSR count). The lowest BCUT2D eigenvalue weighted by molar-refractivity contribution is 0.0127. The van der Waals surface area contributed by atoms with Crippen LogP contribution in [0.25, 0.3) is 11.0 Å². The summed E-state index contributed by atoms with van der Waals surface area (Å²) < 4.78 is 11.2. The highest BCUT2D eigenvalue weighted by Gasteiger charge is 2.14. The molecular formula is C16H22O3. The molecule has 3 nitrogen and oxygen atoms in total.